The number of fused-ring (bicyclic) bond motifs is 1. The van der Waals surface area contributed by atoms with Gasteiger partial charge in [-0.2, -0.15) is 0 Å². The smallest absolute Gasteiger partial charge is 0.404 e. The van der Waals surface area contributed by atoms with Crippen molar-refractivity contribution in [2.75, 3.05) is 7.11 Å². The van der Waals surface area contributed by atoms with Crippen LogP contribution in [0, 0.1) is 0 Å². The molecule has 1 aliphatic heterocycles. The van der Waals surface area contributed by atoms with E-state index in [9.17, 15) is 4.79 Å². The molecule has 1 heterocycles. The Morgan fingerprint density at radius 1 is 1.56 bits per heavy atom. The highest BCUT2D eigenvalue weighted by molar-refractivity contribution is 5.64. The monoisotopic (exact) mass is 223 g/mol. The Hall–Kier alpha value is -1.71. The van der Waals surface area contributed by atoms with Gasteiger partial charge in [-0.15, -0.1) is 0 Å². The van der Waals surface area contributed by atoms with E-state index in [1.54, 1.807) is 0 Å². The number of carbonyl (C=O) groups excluding carboxylic acids is 1. The Balaban J connectivity index is 0.000000221. The third-order valence-electron chi connectivity index (χ3n) is 2.21. The minimum absolute atomic E-state index is 0.0125. The van der Waals surface area contributed by atoms with Gasteiger partial charge in [0.25, 0.3) is 0 Å². The summed E-state index contributed by atoms with van der Waals surface area (Å²) in [6.45, 7) is 4.22. The molecule has 0 aromatic heterocycles. The Morgan fingerprint density at radius 2 is 2.19 bits per heavy atom. The molecule has 0 bridgehead atoms. The normalized spacial score (nSPS) is 19.4. The molecule has 0 aromatic rings. The summed E-state index contributed by atoms with van der Waals surface area (Å²) in [6, 6.07) is 0. The van der Waals surface area contributed by atoms with E-state index in [2.05, 4.69) is 36.5 Å². The molecule has 2 rings (SSSR count). The van der Waals surface area contributed by atoms with Crippen molar-refractivity contribution >= 4 is 6.09 Å². The zero-order valence-electron chi connectivity index (χ0n) is 9.82. The molecule has 88 valence electrons. The summed E-state index contributed by atoms with van der Waals surface area (Å²) in [4.78, 5) is 9.37. The fourth-order valence-electron chi connectivity index (χ4n) is 1.37. The summed E-state index contributed by atoms with van der Waals surface area (Å²) in [7, 11) is 1.22. The zero-order valence-corrected chi connectivity index (χ0v) is 9.82. The number of nitrogens with two attached hydrogens (primary N) is 1. The molecule has 4 heteroatoms. The van der Waals surface area contributed by atoms with Crippen LogP contribution in [0.15, 0.2) is 35.6 Å². The lowest BCUT2D eigenvalue weighted by Gasteiger charge is -2.30. The molecule has 16 heavy (non-hydrogen) atoms. The minimum Gasteiger partial charge on any atom is -0.487 e. The Labute approximate surface area is 95.4 Å². The van der Waals surface area contributed by atoms with E-state index in [1.807, 2.05) is 12.2 Å². The van der Waals surface area contributed by atoms with Gasteiger partial charge >= 0.3 is 6.09 Å². The van der Waals surface area contributed by atoms with E-state index >= 15 is 0 Å². The number of ether oxygens (including phenoxy) is 2. The lowest BCUT2D eigenvalue weighted by Crippen LogP contribution is -2.26. The van der Waals surface area contributed by atoms with Crippen molar-refractivity contribution in [1.29, 1.82) is 0 Å². The van der Waals surface area contributed by atoms with Crippen LogP contribution in [0.4, 0.5) is 4.79 Å². The number of hydrogen-bond acceptors (Lipinski definition) is 3. The maximum Gasteiger partial charge on any atom is 0.404 e. The van der Waals surface area contributed by atoms with E-state index < -0.39 is 6.09 Å². The molecule has 4 nitrogen and oxygen atoms in total. The van der Waals surface area contributed by atoms with Gasteiger partial charge in [-0.25, -0.2) is 4.79 Å². The van der Waals surface area contributed by atoms with Crippen molar-refractivity contribution in [3.63, 3.8) is 0 Å². The SMILES string of the molecule is CC1(C)CC=C2C=CC=C2O1.COC(N)=O. The molecule has 0 aromatic carbocycles. The second-order valence-electron chi connectivity index (χ2n) is 4.14. The highest BCUT2D eigenvalue weighted by Gasteiger charge is 2.26. The lowest BCUT2D eigenvalue weighted by atomic mass is 9.99. The van der Waals surface area contributed by atoms with Crippen molar-refractivity contribution in [2.45, 2.75) is 25.9 Å². The second kappa shape index (κ2) is 4.88. The van der Waals surface area contributed by atoms with E-state index in [0.717, 1.165) is 12.2 Å². The molecular formula is C12H17NO3. The van der Waals surface area contributed by atoms with Crippen LogP contribution < -0.4 is 5.73 Å². The number of carbonyl (C=O) groups is 1. The summed E-state index contributed by atoms with van der Waals surface area (Å²) < 4.78 is 9.62. The minimum atomic E-state index is -0.745. The topological polar surface area (TPSA) is 61.6 Å². The van der Waals surface area contributed by atoms with Crippen molar-refractivity contribution in [1.82, 2.24) is 0 Å². The summed E-state index contributed by atoms with van der Waals surface area (Å²) in [5, 5.41) is 0. The highest BCUT2D eigenvalue weighted by atomic mass is 16.5. The molecule has 0 atom stereocenters. The average molecular weight is 223 g/mol. The van der Waals surface area contributed by atoms with Gasteiger partial charge < -0.3 is 15.2 Å². The predicted molar refractivity (Wildman–Crippen MR) is 61.7 cm³/mol. The van der Waals surface area contributed by atoms with Crippen LogP contribution in [0.1, 0.15) is 20.3 Å². The first-order valence-corrected chi connectivity index (χ1v) is 5.06. The van der Waals surface area contributed by atoms with Gasteiger partial charge in [0.2, 0.25) is 0 Å². The molecule has 0 saturated carbocycles. The highest BCUT2D eigenvalue weighted by Crippen LogP contribution is 2.32. The summed E-state index contributed by atoms with van der Waals surface area (Å²) in [6.07, 6.45) is 8.63. The number of allylic oxidation sites excluding steroid dienone is 3. The molecular weight excluding hydrogens is 206 g/mol. The number of methoxy groups -OCH3 is 1. The third-order valence-corrected chi connectivity index (χ3v) is 2.21. The van der Waals surface area contributed by atoms with Crippen LogP contribution >= 0.6 is 0 Å². The first-order chi connectivity index (χ1) is 7.44. The molecule has 0 unspecified atom stereocenters. The van der Waals surface area contributed by atoms with E-state index in [0.29, 0.717) is 0 Å². The Morgan fingerprint density at radius 3 is 2.75 bits per heavy atom. The number of amides is 1. The van der Waals surface area contributed by atoms with Gasteiger partial charge in [0.05, 0.1) is 7.11 Å². The predicted octanol–water partition coefficient (Wildman–Crippen LogP) is 2.28. The van der Waals surface area contributed by atoms with Gasteiger partial charge in [0, 0.05) is 12.0 Å². The number of rotatable bonds is 0. The molecule has 2 N–H and O–H groups in total. The number of hydrogen-bond donors (Lipinski definition) is 1. The third kappa shape index (κ3) is 3.46. The largest absolute Gasteiger partial charge is 0.487 e. The Bertz CT molecular complexity index is 364. The fraction of sp³-hybridized carbons (Fsp3) is 0.417. The Kier molecular flexibility index (Phi) is 3.77. The fourth-order valence-corrected chi connectivity index (χ4v) is 1.37. The van der Waals surface area contributed by atoms with Crippen molar-refractivity contribution < 1.29 is 14.3 Å². The van der Waals surface area contributed by atoms with Crippen LogP contribution in [0.3, 0.4) is 0 Å². The van der Waals surface area contributed by atoms with Crippen molar-refractivity contribution in [3.8, 4) is 0 Å². The molecule has 0 radical (unpaired) electrons. The molecule has 0 fully saturated rings. The molecule has 1 amide bonds. The molecule has 1 aliphatic carbocycles. The standard InChI is InChI=1S/C10H12O.C2H5NO2/c1-10(2)7-6-8-4-3-5-9(8)11-10;1-5-2(3)4/h3-6H,7H2,1-2H3;1H3,(H2,3,4). The first kappa shape index (κ1) is 12.4. The maximum atomic E-state index is 9.37. The molecule has 0 spiro atoms. The van der Waals surface area contributed by atoms with E-state index in [1.165, 1.54) is 12.7 Å². The van der Waals surface area contributed by atoms with Crippen molar-refractivity contribution in [3.05, 3.63) is 35.6 Å². The lowest BCUT2D eigenvalue weighted by molar-refractivity contribution is 0.0362. The second-order valence-corrected chi connectivity index (χ2v) is 4.14. The summed E-state index contributed by atoms with van der Waals surface area (Å²) in [5.74, 6) is 1.03. The summed E-state index contributed by atoms with van der Waals surface area (Å²) >= 11 is 0. The van der Waals surface area contributed by atoms with Crippen LogP contribution in [0.25, 0.3) is 0 Å². The van der Waals surface area contributed by atoms with Gasteiger partial charge in [0.1, 0.15) is 11.4 Å². The zero-order chi connectivity index (χ0) is 12.2. The van der Waals surface area contributed by atoms with Crippen LogP contribution in [-0.2, 0) is 9.47 Å². The van der Waals surface area contributed by atoms with Crippen molar-refractivity contribution in [2.24, 2.45) is 5.73 Å². The molecule has 0 saturated heterocycles. The van der Waals surface area contributed by atoms with Gasteiger partial charge in [-0.1, -0.05) is 18.2 Å². The van der Waals surface area contributed by atoms with Crippen LogP contribution in [0.2, 0.25) is 0 Å². The maximum absolute atomic E-state index is 9.37. The van der Waals surface area contributed by atoms with Gasteiger partial charge in [-0.3, -0.25) is 0 Å². The van der Waals surface area contributed by atoms with E-state index in [-0.39, 0.29) is 5.60 Å². The van der Waals surface area contributed by atoms with Crippen LogP contribution in [-0.4, -0.2) is 18.8 Å². The summed E-state index contributed by atoms with van der Waals surface area (Å²) in [5.41, 5.74) is 5.66. The van der Waals surface area contributed by atoms with E-state index in [4.69, 9.17) is 4.74 Å². The van der Waals surface area contributed by atoms with Gasteiger partial charge in [0.15, 0.2) is 0 Å². The number of primary amides is 1. The average Bonchev–Trinajstić information content (AvgIpc) is 2.64. The first-order valence-electron chi connectivity index (χ1n) is 5.06. The van der Waals surface area contributed by atoms with Crippen LogP contribution in [0.5, 0.6) is 0 Å². The van der Waals surface area contributed by atoms with Gasteiger partial charge in [-0.05, 0) is 19.9 Å². The quantitative estimate of drug-likeness (QED) is 0.685. The molecule has 2 aliphatic rings.